The molecule has 1 fully saturated rings. The van der Waals surface area contributed by atoms with Crippen molar-refractivity contribution in [1.82, 2.24) is 0 Å². The van der Waals surface area contributed by atoms with E-state index >= 15 is 0 Å². The summed E-state index contributed by atoms with van der Waals surface area (Å²) in [5.74, 6) is -1.20. The Balaban J connectivity index is 1.85. The van der Waals surface area contributed by atoms with Crippen molar-refractivity contribution in [2.45, 2.75) is 37.4 Å². The molecule has 0 unspecified atom stereocenters. The smallest absolute Gasteiger partial charge is 0.321 e. The first-order valence-electron chi connectivity index (χ1n) is 7.23. The summed E-state index contributed by atoms with van der Waals surface area (Å²) in [4.78, 5) is 0. The zero-order valence-corrected chi connectivity index (χ0v) is 11.7. The first-order valence-corrected chi connectivity index (χ1v) is 7.23. The Morgan fingerprint density at radius 2 is 1.57 bits per heavy atom. The predicted octanol–water partition coefficient (Wildman–Crippen LogP) is 4.75. The van der Waals surface area contributed by atoms with Gasteiger partial charge in [-0.1, -0.05) is 36.4 Å². The quantitative estimate of drug-likeness (QED) is 0.807. The second-order valence-electron chi connectivity index (χ2n) is 6.03. The van der Waals surface area contributed by atoms with Crippen LogP contribution in [0.3, 0.4) is 0 Å². The third-order valence-electron chi connectivity index (χ3n) is 4.67. The molecule has 2 aromatic carbocycles. The lowest BCUT2D eigenvalue weighted by molar-refractivity contribution is -0.184. The van der Waals surface area contributed by atoms with Gasteiger partial charge < -0.3 is 5.73 Å². The second-order valence-corrected chi connectivity index (χ2v) is 6.03. The monoisotopic (exact) mass is 293 g/mol. The van der Waals surface area contributed by atoms with E-state index in [9.17, 15) is 13.2 Å². The number of nitrogens with two attached hydrogens (primary N) is 1. The lowest BCUT2D eigenvalue weighted by Gasteiger charge is -2.38. The highest BCUT2D eigenvalue weighted by Crippen LogP contribution is 2.44. The fourth-order valence-electron chi connectivity index (χ4n) is 3.25. The SMILES string of the molecule is NC1(c2ccc3ccccc3c2)CCC(C(F)(F)F)CC1. The normalized spacial score (nSPS) is 27.0. The first-order chi connectivity index (χ1) is 9.88. The van der Waals surface area contributed by atoms with Crippen LogP contribution in [-0.4, -0.2) is 6.18 Å². The molecule has 0 amide bonds. The summed E-state index contributed by atoms with van der Waals surface area (Å²) in [7, 11) is 0. The van der Waals surface area contributed by atoms with E-state index in [2.05, 4.69) is 0 Å². The summed E-state index contributed by atoms with van der Waals surface area (Å²) in [6.45, 7) is 0. The maximum atomic E-state index is 12.8. The molecule has 0 radical (unpaired) electrons. The van der Waals surface area contributed by atoms with E-state index in [0.717, 1.165) is 16.3 Å². The van der Waals surface area contributed by atoms with Crippen LogP contribution in [0.1, 0.15) is 31.2 Å². The molecule has 1 nitrogen and oxygen atoms in total. The summed E-state index contributed by atoms with van der Waals surface area (Å²) in [5, 5.41) is 2.20. The first kappa shape index (κ1) is 14.4. The lowest BCUT2D eigenvalue weighted by atomic mass is 9.73. The molecule has 4 heteroatoms. The topological polar surface area (TPSA) is 26.0 Å². The van der Waals surface area contributed by atoms with Crippen LogP contribution in [0.15, 0.2) is 42.5 Å². The zero-order chi connectivity index (χ0) is 15.1. The standard InChI is InChI=1S/C17H18F3N/c18-17(19,20)14-7-9-16(21,10-8-14)15-6-5-12-3-1-2-4-13(12)11-15/h1-6,11,14H,7-10,21H2. The highest BCUT2D eigenvalue weighted by Gasteiger charge is 2.45. The summed E-state index contributed by atoms with van der Waals surface area (Å²) < 4.78 is 38.3. The molecule has 2 N–H and O–H groups in total. The molecule has 1 aliphatic rings. The molecule has 0 atom stereocenters. The van der Waals surface area contributed by atoms with Crippen molar-refractivity contribution < 1.29 is 13.2 Å². The largest absolute Gasteiger partial charge is 0.391 e. The van der Waals surface area contributed by atoms with Crippen molar-refractivity contribution in [3.63, 3.8) is 0 Å². The number of rotatable bonds is 1. The van der Waals surface area contributed by atoms with Gasteiger partial charge in [-0.15, -0.1) is 0 Å². The predicted molar refractivity (Wildman–Crippen MR) is 77.8 cm³/mol. The maximum absolute atomic E-state index is 12.8. The van der Waals surface area contributed by atoms with Crippen molar-refractivity contribution in [2.75, 3.05) is 0 Å². The van der Waals surface area contributed by atoms with Gasteiger partial charge in [0.2, 0.25) is 0 Å². The van der Waals surface area contributed by atoms with Crippen molar-refractivity contribution >= 4 is 10.8 Å². The molecule has 1 aliphatic carbocycles. The Hall–Kier alpha value is -1.55. The second kappa shape index (κ2) is 5.02. The van der Waals surface area contributed by atoms with E-state index in [-0.39, 0.29) is 12.8 Å². The fraction of sp³-hybridized carbons (Fsp3) is 0.412. The van der Waals surface area contributed by atoms with Crippen molar-refractivity contribution in [1.29, 1.82) is 0 Å². The van der Waals surface area contributed by atoms with Gasteiger partial charge in [-0.25, -0.2) is 0 Å². The molecule has 3 rings (SSSR count). The van der Waals surface area contributed by atoms with Crippen molar-refractivity contribution in [3.05, 3.63) is 48.0 Å². The third kappa shape index (κ3) is 2.77. The Kier molecular flexibility index (Phi) is 3.44. The van der Waals surface area contributed by atoms with Crippen molar-refractivity contribution in [2.24, 2.45) is 11.7 Å². The minimum atomic E-state index is -4.09. The highest BCUT2D eigenvalue weighted by atomic mass is 19.4. The number of benzene rings is 2. The molecule has 112 valence electrons. The van der Waals surface area contributed by atoms with Gasteiger partial charge in [-0.3, -0.25) is 0 Å². The molecule has 21 heavy (non-hydrogen) atoms. The van der Waals surface area contributed by atoms with E-state index in [1.54, 1.807) is 0 Å². The minimum Gasteiger partial charge on any atom is -0.321 e. The van der Waals surface area contributed by atoms with Crippen LogP contribution in [0, 0.1) is 5.92 Å². The number of alkyl halides is 3. The van der Waals surface area contributed by atoms with Crippen LogP contribution < -0.4 is 5.73 Å². The van der Waals surface area contributed by atoms with E-state index in [1.165, 1.54) is 0 Å². The van der Waals surface area contributed by atoms with Crippen LogP contribution in [0.25, 0.3) is 10.8 Å². The fourth-order valence-corrected chi connectivity index (χ4v) is 3.25. The Morgan fingerprint density at radius 3 is 2.19 bits per heavy atom. The number of hydrogen-bond donors (Lipinski definition) is 1. The molecule has 0 saturated heterocycles. The molecular weight excluding hydrogens is 275 g/mol. The van der Waals surface area contributed by atoms with Gasteiger partial charge in [0.15, 0.2) is 0 Å². The van der Waals surface area contributed by atoms with Gasteiger partial charge in [0.25, 0.3) is 0 Å². The van der Waals surface area contributed by atoms with E-state index in [4.69, 9.17) is 5.73 Å². The van der Waals surface area contributed by atoms with Gasteiger partial charge in [-0.2, -0.15) is 13.2 Å². The maximum Gasteiger partial charge on any atom is 0.391 e. The van der Waals surface area contributed by atoms with Crippen molar-refractivity contribution in [3.8, 4) is 0 Å². The zero-order valence-electron chi connectivity index (χ0n) is 11.7. The molecule has 0 bridgehead atoms. The molecule has 0 aromatic heterocycles. The Labute approximate surface area is 121 Å². The lowest BCUT2D eigenvalue weighted by Crippen LogP contribution is -2.43. The van der Waals surface area contributed by atoms with Gasteiger partial charge in [0.1, 0.15) is 0 Å². The van der Waals surface area contributed by atoms with E-state index in [1.807, 2.05) is 42.5 Å². The van der Waals surface area contributed by atoms with Gasteiger partial charge in [0, 0.05) is 5.54 Å². The van der Waals surface area contributed by atoms with Crippen LogP contribution in [0.2, 0.25) is 0 Å². The Morgan fingerprint density at radius 1 is 0.952 bits per heavy atom. The molecular formula is C17H18F3N. The van der Waals surface area contributed by atoms with Gasteiger partial charge in [-0.05, 0) is 48.1 Å². The highest BCUT2D eigenvalue weighted by molar-refractivity contribution is 5.83. The molecule has 0 heterocycles. The number of hydrogen-bond acceptors (Lipinski definition) is 1. The van der Waals surface area contributed by atoms with Gasteiger partial charge in [0.05, 0.1) is 5.92 Å². The third-order valence-corrected chi connectivity index (χ3v) is 4.67. The summed E-state index contributed by atoms with van der Waals surface area (Å²) in [5.41, 5.74) is 6.72. The average Bonchev–Trinajstić information content (AvgIpc) is 2.46. The van der Waals surface area contributed by atoms with Crippen LogP contribution in [-0.2, 0) is 5.54 Å². The van der Waals surface area contributed by atoms with Crippen LogP contribution in [0.5, 0.6) is 0 Å². The number of halogens is 3. The van der Waals surface area contributed by atoms with Crippen LogP contribution >= 0.6 is 0 Å². The summed E-state index contributed by atoms with van der Waals surface area (Å²) in [6.07, 6.45) is -3.09. The molecule has 2 aromatic rings. The molecule has 1 saturated carbocycles. The minimum absolute atomic E-state index is 0.118. The average molecular weight is 293 g/mol. The van der Waals surface area contributed by atoms with E-state index < -0.39 is 17.6 Å². The summed E-state index contributed by atoms with van der Waals surface area (Å²) >= 11 is 0. The number of fused-ring (bicyclic) bond motifs is 1. The molecule has 0 aliphatic heterocycles. The molecule has 0 spiro atoms. The van der Waals surface area contributed by atoms with Gasteiger partial charge >= 0.3 is 6.18 Å². The van der Waals surface area contributed by atoms with Crippen LogP contribution in [0.4, 0.5) is 13.2 Å². The summed E-state index contributed by atoms with van der Waals surface area (Å²) in [6, 6.07) is 13.9. The van der Waals surface area contributed by atoms with E-state index in [0.29, 0.717) is 12.8 Å². The Bertz CT molecular complexity index is 640.